The summed E-state index contributed by atoms with van der Waals surface area (Å²) in [4.78, 5) is 25.4. The molecule has 0 bridgehead atoms. The zero-order chi connectivity index (χ0) is 24.5. The second kappa shape index (κ2) is 10.4. The zero-order valence-corrected chi connectivity index (χ0v) is 23.0. The molecule has 3 heterocycles. The number of Topliss-reactive ketones (excluding diaryl/α,β-unsaturated/α-hetero) is 1. The lowest BCUT2D eigenvalue weighted by molar-refractivity contribution is -0.120. The van der Waals surface area contributed by atoms with Crippen molar-refractivity contribution in [1.29, 1.82) is 0 Å². The van der Waals surface area contributed by atoms with Crippen LogP contribution in [0.3, 0.4) is 0 Å². The number of carbonyl (C=O) groups is 1. The average Bonchev–Trinajstić information content (AvgIpc) is 3.24. The smallest absolute Gasteiger partial charge is 0.150 e. The van der Waals surface area contributed by atoms with E-state index in [9.17, 15) is 4.79 Å². The van der Waals surface area contributed by atoms with Crippen molar-refractivity contribution in [3.8, 4) is 0 Å². The molecule has 1 saturated heterocycles. The summed E-state index contributed by atoms with van der Waals surface area (Å²) >= 11 is 3.37. The summed E-state index contributed by atoms with van der Waals surface area (Å²) in [6.07, 6.45) is 5.73. The summed E-state index contributed by atoms with van der Waals surface area (Å²) in [6.45, 7) is 13.1. The molecule has 0 spiro atoms. The molecule has 0 amide bonds. The number of anilines is 1. The first kappa shape index (κ1) is 25.2. The van der Waals surface area contributed by atoms with E-state index >= 15 is 0 Å². The predicted molar refractivity (Wildman–Crippen MR) is 147 cm³/mol. The molecule has 4 rings (SSSR count). The number of hydrogen-bond donors (Lipinski definition) is 0. The van der Waals surface area contributed by atoms with Gasteiger partial charge in [-0.25, -0.2) is 9.97 Å². The van der Waals surface area contributed by atoms with Crippen molar-refractivity contribution in [3.63, 3.8) is 0 Å². The molecular weight excluding hydrogens is 458 g/mol. The second-order valence-electron chi connectivity index (χ2n) is 10.7. The summed E-state index contributed by atoms with van der Waals surface area (Å²) in [5.74, 6) is 2.03. The minimum absolute atomic E-state index is 0.00609. The monoisotopic (exact) mass is 495 g/mol. The van der Waals surface area contributed by atoms with Gasteiger partial charge in [-0.1, -0.05) is 58.5 Å². The number of aryl methyl sites for hydroxylation is 1. The Labute approximate surface area is 212 Å². The number of aromatic nitrogens is 2. The topological polar surface area (TPSA) is 46.1 Å². The minimum Gasteiger partial charge on any atom is -0.356 e. The molecule has 1 unspecified atom stereocenters. The number of nitrogens with zero attached hydrogens (tertiary/aromatic N) is 3. The highest BCUT2D eigenvalue weighted by atomic mass is 32.2. The summed E-state index contributed by atoms with van der Waals surface area (Å²) in [7, 11) is 0. The normalized spacial score (nSPS) is 16.2. The quantitative estimate of drug-likeness (QED) is 0.323. The van der Waals surface area contributed by atoms with E-state index in [0.717, 1.165) is 57.1 Å². The Morgan fingerprint density at radius 2 is 1.91 bits per heavy atom. The first-order valence-corrected chi connectivity index (χ1v) is 14.4. The highest BCUT2D eigenvalue weighted by Crippen LogP contribution is 2.32. The maximum absolute atomic E-state index is 13.2. The average molecular weight is 496 g/mol. The summed E-state index contributed by atoms with van der Waals surface area (Å²) in [6, 6.07) is 10.6. The SMILES string of the molecule is CSc1nc2ccc(C(C)C(=O)CCc3ccc(C(C)(C)C)nc3N3CCC(C)CC3)cc2s1. The van der Waals surface area contributed by atoms with Crippen LogP contribution in [0.1, 0.15) is 76.6 Å². The molecule has 3 aromatic rings. The Hall–Kier alpha value is -1.92. The molecule has 0 aliphatic carbocycles. The summed E-state index contributed by atoms with van der Waals surface area (Å²) < 4.78 is 2.22. The number of thiazole rings is 1. The highest BCUT2D eigenvalue weighted by molar-refractivity contribution is 8.00. The van der Waals surface area contributed by atoms with Crippen LogP contribution >= 0.6 is 23.1 Å². The van der Waals surface area contributed by atoms with E-state index < -0.39 is 0 Å². The van der Waals surface area contributed by atoms with Gasteiger partial charge >= 0.3 is 0 Å². The van der Waals surface area contributed by atoms with Gasteiger partial charge in [0.1, 0.15) is 11.6 Å². The molecule has 1 aliphatic heterocycles. The third-order valence-electron chi connectivity index (χ3n) is 7.00. The summed E-state index contributed by atoms with van der Waals surface area (Å²) in [5.41, 5.74) is 4.42. The summed E-state index contributed by atoms with van der Waals surface area (Å²) in [5, 5.41) is 0. The number of piperidine rings is 1. The van der Waals surface area contributed by atoms with E-state index in [1.54, 1.807) is 23.1 Å². The van der Waals surface area contributed by atoms with Crippen LogP contribution in [0.15, 0.2) is 34.7 Å². The zero-order valence-electron chi connectivity index (χ0n) is 21.4. The number of fused-ring (bicyclic) bond motifs is 1. The lowest BCUT2D eigenvalue weighted by Gasteiger charge is -2.33. The third kappa shape index (κ3) is 5.65. The maximum Gasteiger partial charge on any atom is 0.150 e. The van der Waals surface area contributed by atoms with Crippen molar-refractivity contribution < 1.29 is 4.79 Å². The fourth-order valence-corrected chi connectivity index (χ4v) is 6.06. The second-order valence-corrected chi connectivity index (χ2v) is 12.8. The molecule has 1 aromatic carbocycles. The largest absolute Gasteiger partial charge is 0.356 e. The van der Waals surface area contributed by atoms with Crippen molar-refractivity contribution in [3.05, 3.63) is 47.2 Å². The van der Waals surface area contributed by atoms with Crippen LogP contribution in [0.25, 0.3) is 10.2 Å². The van der Waals surface area contributed by atoms with Crippen molar-refractivity contribution in [1.82, 2.24) is 9.97 Å². The molecule has 0 saturated carbocycles. The van der Waals surface area contributed by atoms with Crippen molar-refractivity contribution in [2.24, 2.45) is 5.92 Å². The number of thioether (sulfide) groups is 1. The molecule has 0 radical (unpaired) electrons. The van der Waals surface area contributed by atoms with Gasteiger partial charge < -0.3 is 4.90 Å². The van der Waals surface area contributed by atoms with Crippen molar-refractivity contribution in [2.45, 2.75) is 76.0 Å². The van der Waals surface area contributed by atoms with E-state index in [1.807, 2.05) is 13.2 Å². The first-order valence-electron chi connectivity index (χ1n) is 12.4. The minimum atomic E-state index is -0.120. The van der Waals surface area contributed by atoms with Crippen molar-refractivity contribution >= 4 is 44.9 Å². The van der Waals surface area contributed by atoms with Gasteiger partial charge in [-0.05, 0) is 60.8 Å². The Kier molecular flexibility index (Phi) is 7.68. The molecule has 1 aliphatic rings. The van der Waals surface area contributed by atoms with Crippen LogP contribution in [-0.4, -0.2) is 35.1 Å². The van der Waals surface area contributed by atoms with Gasteiger partial charge in [0.15, 0.2) is 4.34 Å². The van der Waals surface area contributed by atoms with E-state index in [2.05, 4.69) is 67.9 Å². The van der Waals surface area contributed by atoms with Gasteiger partial charge in [-0.3, -0.25) is 4.79 Å². The van der Waals surface area contributed by atoms with Crippen LogP contribution in [0.5, 0.6) is 0 Å². The van der Waals surface area contributed by atoms with Gasteiger partial charge in [0.2, 0.25) is 0 Å². The molecule has 1 fully saturated rings. The predicted octanol–water partition coefficient (Wildman–Crippen LogP) is 7.25. The van der Waals surface area contributed by atoms with E-state index in [4.69, 9.17) is 4.98 Å². The van der Waals surface area contributed by atoms with Crippen LogP contribution in [0.4, 0.5) is 5.82 Å². The number of carbonyl (C=O) groups excluding carboxylic acids is 1. The van der Waals surface area contributed by atoms with Gasteiger partial charge in [0.05, 0.1) is 10.2 Å². The van der Waals surface area contributed by atoms with Gasteiger partial charge in [0.25, 0.3) is 0 Å². The Balaban J connectivity index is 1.51. The Bertz CT molecular complexity index is 1160. The molecule has 182 valence electrons. The Morgan fingerprint density at radius 3 is 2.59 bits per heavy atom. The van der Waals surface area contributed by atoms with E-state index in [-0.39, 0.29) is 17.1 Å². The van der Waals surface area contributed by atoms with Gasteiger partial charge in [0, 0.05) is 36.5 Å². The fraction of sp³-hybridized carbons (Fsp3) is 0.536. The first-order chi connectivity index (χ1) is 16.2. The van der Waals surface area contributed by atoms with Crippen molar-refractivity contribution in [2.75, 3.05) is 24.2 Å². The number of hydrogen-bond acceptors (Lipinski definition) is 6. The number of pyridine rings is 1. The number of benzene rings is 1. The van der Waals surface area contributed by atoms with Crippen LogP contribution in [0.2, 0.25) is 0 Å². The maximum atomic E-state index is 13.2. The molecule has 0 N–H and O–H groups in total. The number of ketones is 1. The molecule has 4 nitrogen and oxygen atoms in total. The van der Waals surface area contributed by atoms with Gasteiger partial charge in [-0.15, -0.1) is 11.3 Å². The van der Waals surface area contributed by atoms with Crippen LogP contribution in [-0.2, 0) is 16.6 Å². The molecule has 1 atom stereocenters. The van der Waals surface area contributed by atoms with Crippen LogP contribution in [0, 0.1) is 5.92 Å². The molecular formula is C28H37N3OS2. The molecule has 6 heteroatoms. The standard InChI is InChI=1S/C28H37N3OS2/c1-18-13-15-31(16-14-18)26-20(9-12-25(30-26)28(3,4)5)8-11-23(32)19(2)21-7-10-22-24(17-21)34-27(29-22)33-6/h7,9-10,12,17-19H,8,11,13-16H2,1-6H3. The molecule has 34 heavy (non-hydrogen) atoms. The third-order valence-corrected chi connectivity index (χ3v) is 9.00. The highest BCUT2D eigenvalue weighted by Gasteiger charge is 2.24. The number of rotatable bonds is 7. The Morgan fingerprint density at radius 1 is 1.18 bits per heavy atom. The molecule has 2 aromatic heterocycles. The van der Waals surface area contributed by atoms with E-state index in [0.29, 0.717) is 6.42 Å². The van der Waals surface area contributed by atoms with Gasteiger partial charge in [-0.2, -0.15) is 0 Å². The fourth-order valence-electron chi connectivity index (χ4n) is 4.52. The lowest BCUT2D eigenvalue weighted by Crippen LogP contribution is -2.34. The lowest BCUT2D eigenvalue weighted by atomic mass is 9.90. The van der Waals surface area contributed by atoms with E-state index in [1.165, 1.54) is 18.4 Å². The van der Waals surface area contributed by atoms with Crippen LogP contribution < -0.4 is 4.90 Å².